The Labute approximate surface area is 132 Å². The number of ether oxygens (including phenoxy) is 1. The molecule has 0 N–H and O–H groups in total. The Balaban J connectivity index is 0.00000191. The standard InChI is InChI=1S/C18H28O.C2H6/c1-5-17-9-11-18(12-10-17)19-14-13-16(4)8-6-7-15(2)3;1-2/h7,9-12,16H,5-6,8,13-14H2,1-4H3;1-2H3. The fraction of sp³-hybridized carbons (Fsp3) is 0.600. The van der Waals surface area contributed by atoms with Crippen molar-refractivity contribution in [3.05, 3.63) is 41.5 Å². The molecule has 0 saturated heterocycles. The van der Waals surface area contributed by atoms with E-state index in [-0.39, 0.29) is 0 Å². The maximum Gasteiger partial charge on any atom is 0.119 e. The van der Waals surface area contributed by atoms with Crippen LogP contribution in [0.2, 0.25) is 0 Å². The fourth-order valence-corrected chi connectivity index (χ4v) is 2.00. The number of allylic oxidation sites excluding steroid dienone is 2. The van der Waals surface area contributed by atoms with Crippen molar-refractivity contribution in [2.45, 2.75) is 67.2 Å². The summed E-state index contributed by atoms with van der Waals surface area (Å²) in [6.07, 6.45) is 6.98. The van der Waals surface area contributed by atoms with Crippen molar-refractivity contribution in [1.29, 1.82) is 0 Å². The molecule has 1 heteroatoms. The van der Waals surface area contributed by atoms with E-state index in [1.54, 1.807) is 0 Å². The molecule has 0 aliphatic carbocycles. The molecule has 0 heterocycles. The highest BCUT2D eigenvalue weighted by Gasteiger charge is 2.02. The molecule has 0 aliphatic heterocycles. The smallest absolute Gasteiger partial charge is 0.119 e. The van der Waals surface area contributed by atoms with Crippen LogP contribution in [0.4, 0.5) is 0 Å². The molecule has 1 atom stereocenters. The van der Waals surface area contributed by atoms with E-state index in [1.807, 2.05) is 13.8 Å². The zero-order valence-corrected chi connectivity index (χ0v) is 14.9. The molecule has 21 heavy (non-hydrogen) atoms. The number of aryl methyl sites for hydroxylation is 1. The number of hydrogen-bond acceptors (Lipinski definition) is 1. The molecule has 1 rings (SSSR count). The third-order valence-electron chi connectivity index (χ3n) is 3.42. The summed E-state index contributed by atoms with van der Waals surface area (Å²) in [6.45, 7) is 13.6. The Morgan fingerprint density at radius 1 is 1.10 bits per heavy atom. The summed E-state index contributed by atoms with van der Waals surface area (Å²) < 4.78 is 5.79. The van der Waals surface area contributed by atoms with Crippen molar-refractivity contribution < 1.29 is 4.74 Å². The Morgan fingerprint density at radius 2 is 1.71 bits per heavy atom. The molecule has 1 unspecified atom stereocenters. The predicted octanol–water partition coefficient (Wildman–Crippen LogP) is 6.43. The van der Waals surface area contributed by atoms with Crippen LogP contribution < -0.4 is 4.74 Å². The van der Waals surface area contributed by atoms with Gasteiger partial charge in [0.05, 0.1) is 6.61 Å². The molecule has 0 bridgehead atoms. The van der Waals surface area contributed by atoms with E-state index in [9.17, 15) is 0 Å². The lowest BCUT2D eigenvalue weighted by atomic mass is 10.0. The monoisotopic (exact) mass is 290 g/mol. The molecule has 1 aromatic carbocycles. The van der Waals surface area contributed by atoms with Gasteiger partial charge in [-0.05, 0) is 63.1 Å². The van der Waals surface area contributed by atoms with Gasteiger partial charge in [0.2, 0.25) is 0 Å². The SMILES string of the molecule is CC.CCc1ccc(OCCC(C)CCC=C(C)C)cc1. The summed E-state index contributed by atoms with van der Waals surface area (Å²) in [5.74, 6) is 1.72. The molecule has 1 aromatic rings. The first-order chi connectivity index (χ1) is 10.1. The molecule has 0 aliphatic rings. The first-order valence-corrected chi connectivity index (χ1v) is 8.47. The topological polar surface area (TPSA) is 9.23 Å². The van der Waals surface area contributed by atoms with Crippen molar-refractivity contribution in [3.8, 4) is 5.75 Å². The normalized spacial score (nSPS) is 11.1. The van der Waals surface area contributed by atoms with Gasteiger partial charge in [-0.2, -0.15) is 0 Å². The van der Waals surface area contributed by atoms with Crippen LogP contribution in [0, 0.1) is 5.92 Å². The minimum Gasteiger partial charge on any atom is -0.494 e. The second-order valence-electron chi connectivity index (χ2n) is 5.60. The van der Waals surface area contributed by atoms with Crippen molar-refractivity contribution in [1.82, 2.24) is 0 Å². The van der Waals surface area contributed by atoms with Gasteiger partial charge in [0.15, 0.2) is 0 Å². The number of benzene rings is 1. The maximum absolute atomic E-state index is 5.79. The van der Waals surface area contributed by atoms with Gasteiger partial charge in [0, 0.05) is 0 Å². The first kappa shape index (κ1) is 19.8. The van der Waals surface area contributed by atoms with Gasteiger partial charge in [0.1, 0.15) is 5.75 Å². The van der Waals surface area contributed by atoms with Crippen LogP contribution in [-0.4, -0.2) is 6.61 Å². The molecule has 0 saturated carbocycles. The summed E-state index contributed by atoms with van der Waals surface area (Å²) in [5, 5.41) is 0. The first-order valence-electron chi connectivity index (χ1n) is 8.47. The highest BCUT2D eigenvalue weighted by Crippen LogP contribution is 2.15. The largest absolute Gasteiger partial charge is 0.494 e. The molecular formula is C20H34O. The molecular weight excluding hydrogens is 256 g/mol. The van der Waals surface area contributed by atoms with Gasteiger partial charge in [-0.15, -0.1) is 0 Å². The summed E-state index contributed by atoms with van der Waals surface area (Å²) >= 11 is 0. The van der Waals surface area contributed by atoms with E-state index in [4.69, 9.17) is 4.74 Å². The van der Waals surface area contributed by atoms with Crippen LogP contribution in [0.25, 0.3) is 0 Å². The van der Waals surface area contributed by atoms with Gasteiger partial charge in [-0.3, -0.25) is 0 Å². The predicted molar refractivity (Wildman–Crippen MR) is 95.1 cm³/mol. The third-order valence-corrected chi connectivity index (χ3v) is 3.42. The molecule has 1 nitrogen and oxygen atoms in total. The van der Waals surface area contributed by atoms with E-state index in [0.717, 1.165) is 31.1 Å². The average molecular weight is 290 g/mol. The van der Waals surface area contributed by atoms with Crippen molar-refractivity contribution in [2.75, 3.05) is 6.61 Å². The lowest BCUT2D eigenvalue weighted by molar-refractivity contribution is 0.279. The molecule has 0 spiro atoms. The van der Waals surface area contributed by atoms with Crippen LogP contribution in [0.5, 0.6) is 5.75 Å². The van der Waals surface area contributed by atoms with Gasteiger partial charge in [0.25, 0.3) is 0 Å². The highest BCUT2D eigenvalue weighted by molar-refractivity contribution is 5.27. The Morgan fingerprint density at radius 3 is 2.24 bits per heavy atom. The van der Waals surface area contributed by atoms with Crippen LogP contribution in [0.15, 0.2) is 35.9 Å². The number of rotatable bonds is 8. The Kier molecular flexibility index (Phi) is 11.8. The molecule has 120 valence electrons. The summed E-state index contributed by atoms with van der Waals surface area (Å²) in [4.78, 5) is 0. The second-order valence-corrected chi connectivity index (χ2v) is 5.60. The lowest BCUT2D eigenvalue weighted by Gasteiger charge is -2.11. The number of hydrogen-bond donors (Lipinski definition) is 0. The van der Waals surface area contributed by atoms with Crippen LogP contribution in [0.3, 0.4) is 0 Å². The van der Waals surface area contributed by atoms with Crippen LogP contribution in [-0.2, 0) is 6.42 Å². The van der Waals surface area contributed by atoms with Crippen molar-refractivity contribution >= 4 is 0 Å². The molecule has 0 amide bonds. The highest BCUT2D eigenvalue weighted by atomic mass is 16.5. The average Bonchev–Trinajstić information content (AvgIpc) is 2.49. The lowest BCUT2D eigenvalue weighted by Crippen LogP contribution is -2.04. The maximum atomic E-state index is 5.79. The summed E-state index contributed by atoms with van der Waals surface area (Å²) in [7, 11) is 0. The van der Waals surface area contributed by atoms with E-state index in [2.05, 4.69) is 58.0 Å². The second kappa shape index (κ2) is 12.5. The summed E-state index contributed by atoms with van der Waals surface area (Å²) in [5.41, 5.74) is 2.78. The molecule has 0 fully saturated rings. The third kappa shape index (κ3) is 10.2. The minimum absolute atomic E-state index is 0.727. The Bertz CT molecular complexity index is 371. The van der Waals surface area contributed by atoms with Gasteiger partial charge in [-0.1, -0.05) is 51.5 Å². The van der Waals surface area contributed by atoms with Crippen LogP contribution in [0.1, 0.15) is 66.4 Å². The van der Waals surface area contributed by atoms with E-state index in [1.165, 1.54) is 24.0 Å². The zero-order chi connectivity index (χ0) is 16.1. The zero-order valence-electron chi connectivity index (χ0n) is 14.9. The molecule has 0 radical (unpaired) electrons. The van der Waals surface area contributed by atoms with E-state index >= 15 is 0 Å². The van der Waals surface area contributed by atoms with Crippen LogP contribution >= 0.6 is 0 Å². The van der Waals surface area contributed by atoms with Crippen molar-refractivity contribution in [3.63, 3.8) is 0 Å². The minimum atomic E-state index is 0.727. The molecule has 0 aromatic heterocycles. The van der Waals surface area contributed by atoms with Gasteiger partial charge >= 0.3 is 0 Å². The van der Waals surface area contributed by atoms with Gasteiger partial charge < -0.3 is 4.74 Å². The van der Waals surface area contributed by atoms with Crippen molar-refractivity contribution in [2.24, 2.45) is 5.92 Å². The van der Waals surface area contributed by atoms with Gasteiger partial charge in [-0.25, -0.2) is 0 Å². The quantitative estimate of drug-likeness (QED) is 0.501. The van der Waals surface area contributed by atoms with E-state index in [0.29, 0.717) is 0 Å². The fourth-order valence-electron chi connectivity index (χ4n) is 2.00. The van der Waals surface area contributed by atoms with E-state index < -0.39 is 0 Å². The summed E-state index contributed by atoms with van der Waals surface area (Å²) in [6, 6.07) is 8.44. The Hall–Kier alpha value is -1.24.